The van der Waals surface area contributed by atoms with Crippen molar-refractivity contribution < 1.29 is 9.84 Å². The van der Waals surface area contributed by atoms with Gasteiger partial charge in [0.1, 0.15) is 11.9 Å². The molecule has 1 fully saturated rings. The fourth-order valence-corrected chi connectivity index (χ4v) is 3.51. The van der Waals surface area contributed by atoms with Crippen molar-refractivity contribution in [3.05, 3.63) is 24.3 Å². The van der Waals surface area contributed by atoms with Crippen LogP contribution >= 0.6 is 0 Å². The molecular formula is C18H28N2O2. The number of nitrogens with zero attached hydrogens (tertiary/aromatic N) is 2. The number of benzene rings is 1. The Balaban J connectivity index is 1.58. The molecule has 2 heterocycles. The van der Waals surface area contributed by atoms with Crippen LogP contribution in [0, 0.1) is 5.92 Å². The van der Waals surface area contributed by atoms with Gasteiger partial charge < -0.3 is 19.6 Å². The number of fused-ring (bicyclic) bond motifs is 1. The minimum absolute atomic E-state index is 0.165. The van der Waals surface area contributed by atoms with Crippen LogP contribution in [-0.4, -0.2) is 54.9 Å². The number of ether oxygens (including phenoxy) is 1. The lowest BCUT2D eigenvalue weighted by Gasteiger charge is -2.37. The van der Waals surface area contributed by atoms with Crippen LogP contribution in [0.1, 0.15) is 26.7 Å². The van der Waals surface area contributed by atoms with Crippen LogP contribution < -0.4 is 9.64 Å². The number of hydrogen-bond acceptors (Lipinski definition) is 4. The van der Waals surface area contributed by atoms with Crippen molar-refractivity contribution in [2.45, 2.75) is 38.9 Å². The zero-order valence-electron chi connectivity index (χ0n) is 13.7. The van der Waals surface area contributed by atoms with Crippen LogP contribution in [0.4, 0.5) is 5.69 Å². The Bertz CT molecular complexity index is 486. The first kappa shape index (κ1) is 15.6. The van der Waals surface area contributed by atoms with E-state index < -0.39 is 0 Å². The molecule has 1 saturated heterocycles. The number of para-hydroxylation sites is 2. The van der Waals surface area contributed by atoms with Crippen molar-refractivity contribution in [2.75, 3.05) is 37.6 Å². The fourth-order valence-electron chi connectivity index (χ4n) is 3.51. The molecule has 0 unspecified atom stereocenters. The molecule has 0 saturated carbocycles. The molecule has 122 valence electrons. The molecular weight excluding hydrogens is 276 g/mol. The Labute approximate surface area is 133 Å². The molecule has 1 aromatic carbocycles. The molecule has 2 atom stereocenters. The van der Waals surface area contributed by atoms with E-state index in [4.69, 9.17) is 4.74 Å². The molecule has 0 amide bonds. The summed E-state index contributed by atoms with van der Waals surface area (Å²) in [5.74, 6) is 1.76. The summed E-state index contributed by atoms with van der Waals surface area (Å²) in [5.41, 5.74) is 1.10. The predicted molar refractivity (Wildman–Crippen MR) is 89.6 cm³/mol. The summed E-state index contributed by atoms with van der Waals surface area (Å²) in [5, 5.41) is 10.5. The molecule has 22 heavy (non-hydrogen) atoms. The average Bonchev–Trinajstić information content (AvgIpc) is 2.49. The van der Waals surface area contributed by atoms with Gasteiger partial charge in [-0.15, -0.1) is 0 Å². The number of aliphatic hydroxyl groups excluding tert-OH is 1. The molecule has 4 heteroatoms. The van der Waals surface area contributed by atoms with E-state index in [1.807, 2.05) is 18.2 Å². The predicted octanol–water partition coefficient (Wildman–Crippen LogP) is 2.37. The fraction of sp³-hybridized carbons (Fsp3) is 0.667. The summed E-state index contributed by atoms with van der Waals surface area (Å²) in [7, 11) is 0. The van der Waals surface area contributed by atoms with E-state index >= 15 is 0 Å². The van der Waals surface area contributed by atoms with Crippen molar-refractivity contribution in [3.8, 4) is 5.75 Å². The lowest BCUT2D eigenvalue weighted by atomic mass is 9.99. The second-order valence-corrected chi connectivity index (χ2v) is 6.94. The lowest BCUT2D eigenvalue weighted by molar-refractivity contribution is 0.0923. The van der Waals surface area contributed by atoms with Gasteiger partial charge in [-0.05, 0) is 50.9 Å². The molecule has 3 rings (SSSR count). The van der Waals surface area contributed by atoms with Crippen LogP contribution in [0.5, 0.6) is 5.75 Å². The summed E-state index contributed by atoms with van der Waals surface area (Å²) in [4.78, 5) is 4.67. The molecule has 0 spiro atoms. The van der Waals surface area contributed by atoms with Crippen LogP contribution in [0.15, 0.2) is 24.3 Å². The number of β-amino-alcohol motifs (C(OH)–C–C–N with tert-alkyl or cyclic N) is 1. The third-order valence-electron chi connectivity index (χ3n) is 4.79. The molecule has 2 aliphatic heterocycles. The zero-order chi connectivity index (χ0) is 15.5. The maximum absolute atomic E-state index is 10.5. The van der Waals surface area contributed by atoms with Crippen LogP contribution in [0.2, 0.25) is 0 Å². The highest BCUT2D eigenvalue weighted by Gasteiger charge is 2.25. The minimum atomic E-state index is -0.313. The van der Waals surface area contributed by atoms with Crippen molar-refractivity contribution in [3.63, 3.8) is 0 Å². The number of aliphatic hydroxyl groups is 1. The van der Waals surface area contributed by atoms with E-state index in [1.54, 1.807) is 0 Å². The second kappa shape index (κ2) is 6.88. The van der Waals surface area contributed by atoms with Gasteiger partial charge in [0.15, 0.2) is 0 Å². The number of likely N-dealkylation sites (tertiary alicyclic amines) is 1. The Morgan fingerprint density at radius 1 is 1.18 bits per heavy atom. The highest BCUT2D eigenvalue weighted by molar-refractivity contribution is 5.60. The topological polar surface area (TPSA) is 35.9 Å². The Kier molecular flexibility index (Phi) is 4.89. The zero-order valence-corrected chi connectivity index (χ0v) is 13.7. The van der Waals surface area contributed by atoms with E-state index in [1.165, 1.54) is 12.8 Å². The largest absolute Gasteiger partial charge is 0.487 e. The normalized spacial score (nSPS) is 24.7. The van der Waals surface area contributed by atoms with Gasteiger partial charge in [-0.3, -0.25) is 0 Å². The van der Waals surface area contributed by atoms with Gasteiger partial charge in [0.2, 0.25) is 0 Å². The standard InChI is InChI=1S/C18H28N2O2/c1-14-7-9-19(10-8-14)12-16(21)13-20-11-15(2)22-18-6-4-3-5-17(18)20/h3-6,14-16,21H,7-13H2,1-2H3/t15-,16+/m1/s1. The highest BCUT2D eigenvalue weighted by atomic mass is 16.5. The summed E-state index contributed by atoms with van der Waals surface area (Å²) >= 11 is 0. The third-order valence-corrected chi connectivity index (χ3v) is 4.79. The van der Waals surface area contributed by atoms with Crippen LogP contribution in [0.25, 0.3) is 0 Å². The first-order chi connectivity index (χ1) is 10.6. The molecule has 1 aromatic rings. The van der Waals surface area contributed by atoms with Crippen molar-refractivity contribution in [2.24, 2.45) is 5.92 Å². The minimum Gasteiger partial charge on any atom is -0.487 e. The van der Waals surface area contributed by atoms with E-state index in [0.29, 0.717) is 6.54 Å². The first-order valence-electron chi connectivity index (χ1n) is 8.53. The number of anilines is 1. The Morgan fingerprint density at radius 2 is 1.91 bits per heavy atom. The van der Waals surface area contributed by atoms with E-state index in [9.17, 15) is 5.11 Å². The maximum Gasteiger partial charge on any atom is 0.143 e. The smallest absolute Gasteiger partial charge is 0.143 e. The third kappa shape index (κ3) is 3.73. The molecule has 0 aromatic heterocycles. The van der Waals surface area contributed by atoms with Crippen LogP contribution in [-0.2, 0) is 0 Å². The van der Waals surface area contributed by atoms with Gasteiger partial charge in [0.05, 0.1) is 18.3 Å². The molecule has 0 radical (unpaired) electrons. The summed E-state index contributed by atoms with van der Waals surface area (Å²) in [6, 6.07) is 8.12. The Hall–Kier alpha value is -1.26. The second-order valence-electron chi connectivity index (χ2n) is 6.94. The maximum atomic E-state index is 10.5. The quantitative estimate of drug-likeness (QED) is 0.926. The first-order valence-corrected chi connectivity index (χ1v) is 8.53. The number of rotatable bonds is 4. The summed E-state index contributed by atoms with van der Waals surface area (Å²) in [6.07, 6.45) is 2.36. The Morgan fingerprint density at radius 3 is 2.68 bits per heavy atom. The van der Waals surface area contributed by atoms with Crippen molar-refractivity contribution in [1.29, 1.82) is 0 Å². The average molecular weight is 304 g/mol. The number of piperidine rings is 1. The van der Waals surface area contributed by atoms with Crippen molar-refractivity contribution >= 4 is 5.69 Å². The van der Waals surface area contributed by atoms with Crippen LogP contribution in [0.3, 0.4) is 0 Å². The molecule has 4 nitrogen and oxygen atoms in total. The van der Waals surface area contributed by atoms with Gasteiger partial charge in [0.25, 0.3) is 0 Å². The highest BCUT2D eigenvalue weighted by Crippen LogP contribution is 2.33. The molecule has 0 aliphatic carbocycles. The van der Waals surface area contributed by atoms with Gasteiger partial charge in [-0.1, -0.05) is 19.1 Å². The summed E-state index contributed by atoms with van der Waals surface area (Å²) in [6.45, 7) is 8.94. The molecule has 0 bridgehead atoms. The van der Waals surface area contributed by atoms with Gasteiger partial charge >= 0.3 is 0 Å². The van der Waals surface area contributed by atoms with E-state index in [0.717, 1.165) is 43.5 Å². The summed E-state index contributed by atoms with van der Waals surface area (Å²) < 4.78 is 5.87. The van der Waals surface area contributed by atoms with Crippen molar-refractivity contribution in [1.82, 2.24) is 4.90 Å². The molecule has 2 aliphatic rings. The van der Waals surface area contributed by atoms with Gasteiger partial charge in [-0.2, -0.15) is 0 Å². The van der Waals surface area contributed by atoms with Gasteiger partial charge in [-0.25, -0.2) is 0 Å². The lowest BCUT2D eigenvalue weighted by Crippen LogP contribution is -2.46. The van der Waals surface area contributed by atoms with E-state index in [2.05, 4.69) is 29.7 Å². The molecule has 1 N–H and O–H groups in total. The SMILES string of the molecule is CC1CCN(C[C@H](O)CN2C[C@@H](C)Oc3ccccc32)CC1. The number of hydrogen-bond donors (Lipinski definition) is 1. The monoisotopic (exact) mass is 304 g/mol. The van der Waals surface area contributed by atoms with E-state index in [-0.39, 0.29) is 12.2 Å². The van der Waals surface area contributed by atoms with Gasteiger partial charge in [0, 0.05) is 13.1 Å².